The average Bonchev–Trinajstić information content (AvgIpc) is 3.35. The molecular formula is C22H23N3O7. The van der Waals surface area contributed by atoms with Crippen molar-refractivity contribution in [2.24, 2.45) is 0 Å². The third-order valence-electron chi connectivity index (χ3n) is 5.46. The summed E-state index contributed by atoms with van der Waals surface area (Å²) in [6.45, 7) is 1.55. The molecule has 2 aliphatic heterocycles. The number of carbonyl (C=O) groups excluding carboxylic acids is 3. The average molecular weight is 441 g/mol. The Morgan fingerprint density at radius 3 is 2.59 bits per heavy atom. The summed E-state index contributed by atoms with van der Waals surface area (Å²) in [6, 6.07) is 9.63. The molecule has 10 heteroatoms. The summed E-state index contributed by atoms with van der Waals surface area (Å²) in [5.74, 6) is 1.17. The maximum atomic E-state index is 13.1. The van der Waals surface area contributed by atoms with Crippen molar-refractivity contribution >= 4 is 17.8 Å². The van der Waals surface area contributed by atoms with Gasteiger partial charge in [-0.3, -0.25) is 14.5 Å². The van der Waals surface area contributed by atoms with Crippen molar-refractivity contribution < 1.29 is 33.3 Å². The van der Waals surface area contributed by atoms with Gasteiger partial charge in [0.05, 0.1) is 14.2 Å². The van der Waals surface area contributed by atoms with Crippen LogP contribution in [-0.2, 0) is 21.7 Å². The topological polar surface area (TPSA) is 115 Å². The second kappa shape index (κ2) is 8.29. The Kier molecular flexibility index (Phi) is 5.52. The van der Waals surface area contributed by atoms with E-state index in [-0.39, 0.29) is 13.3 Å². The van der Waals surface area contributed by atoms with Crippen molar-refractivity contribution in [1.82, 2.24) is 15.5 Å². The number of urea groups is 1. The molecule has 2 N–H and O–H groups in total. The van der Waals surface area contributed by atoms with Crippen LogP contribution in [0.1, 0.15) is 18.1 Å². The molecule has 1 saturated heterocycles. The lowest BCUT2D eigenvalue weighted by Crippen LogP contribution is -2.43. The predicted octanol–water partition coefficient (Wildman–Crippen LogP) is 1.52. The fraction of sp³-hybridized carbons (Fsp3) is 0.318. The van der Waals surface area contributed by atoms with Gasteiger partial charge in [-0.25, -0.2) is 4.79 Å². The zero-order valence-electron chi connectivity index (χ0n) is 17.9. The second-order valence-corrected chi connectivity index (χ2v) is 7.48. The Hall–Kier alpha value is -3.95. The van der Waals surface area contributed by atoms with E-state index in [1.54, 1.807) is 43.3 Å². The molecule has 2 aliphatic rings. The lowest BCUT2D eigenvalue weighted by atomic mass is 9.91. The number of methoxy groups -OCH3 is 2. The molecule has 4 amide bonds. The van der Waals surface area contributed by atoms with Crippen LogP contribution >= 0.6 is 0 Å². The minimum atomic E-state index is -1.34. The van der Waals surface area contributed by atoms with Crippen LogP contribution in [0.25, 0.3) is 0 Å². The van der Waals surface area contributed by atoms with E-state index in [9.17, 15) is 14.4 Å². The summed E-state index contributed by atoms with van der Waals surface area (Å²) in [7, 11) is 2.99. The first-order chi connectivity index (χ1) is 15.4. The number of nitrogens with one attached hydrogen (secondary N) is 2. The lowest BCUT2D eigenvalue weighted by Gasteiger charge is -2.23. The van der Waals surface area contributed by atoms with Gasteiger partial charge in [0.1, 0.15) is 12.1 Å². The maximum absolute atomic E-state index is 13.1. The summed E-state index contributed by atoms with van der Waals surface area (Å²) in [5, 5.41) is 5.39. The number of benzene rings is 2. The number of rotatable bonds is 7. The number of amides is 4. The maximum Gasteiger partial charge on any atom is 0.325 e. The van der Waals surface area contributed by atoms with Gasteiger partial charge in [0, 0.05) is 6.54 Å². The van der Waals surface area contributed by atoms with E-state index in [1.165, 1.54) is 14.2 Å². The molecule has 2 heterocycles. The van der Waals surface area contributed by atoms with E-state index < -0.39 is 29.9 Å². The lowest BCUT2D eigenvalue weighted by molar-refractivity contribution is -0.134. The van der Waals surface area contributed by atoms with Gasteiger partial charge in [0.25, 0.3) is 5.91 Å². The minimum absolute atomic E-state index is 0.163. The van der Waals surface area contributed by atoms with Crippen LogP contribution in [0.4, 0.5) is 4.79 Å². The smallest absolute Gasteiger partial charge is 0.325 e. The summed E-state index contributed by atoms with van der Waals surface area (Å²) < 4.78 is 21.1. The first-order valence-electron chi connectivity index (χ1n) is 9.87. The highest BCUT2D eigenvalue weighted by molar-refractivity contribution is 6.09. The Labute approximate surface area is 184 Å². The van der Waals surface area contributed by atoms with E-state index in [0.29, 0.717) is 28.6 Å². The standard InChI is InChI=1S/C22H23N3O7/c1-22(14-5-7-15(29-2)17(9-14)30-3)20(27)25(21(28)24-22)11-19(26)23-10-13-4-6-16-18(8-13)32-12-31-16/h4-9H,10-12H2,1-3H3,(H,23,26)(H,24,28). The Balaban J connectivity index is 1.43. The number of hydrogen-bond acceptors (Lipinski definition) is 7. The Bertz CT molecular complexity index is 1090. The molecule has 2 aromatic rings. The van der Waals surface area contributed by atoms with Crippen LogP contribution in [-0.4, -0.2) is 50.3 Å². The van der Waals surface area contributed by atoms with Gasteiger partial charge in [-0.05, 0) is 42.3 Å². The van der Waals surface area contributed by atoms with E-state index in [4.69, 9.17) is 18.9 Å². The Morgan fingerprint density at radius 1 is 1.09 bits per heavy atom. The summed E-state index contributed by atoms with van der Waals surface area (Å²) in [4.78, 5) is 39.0. The minimum Gasteiger partial charge on any atom is -0.493 e. The summed E-state index contributed by atoms with van der Waals surface area (Å²) in [5.41, 5.74) is -0.0273. The Morgan fingerprint density at radius 2 is 1.84 bits per heavy atom. The van der Waals surface area contributed by atoms with Crippen molar-refractivity contribution in [3.63, 3.8) is 0 Å². The largest absolute Gasteiger partial charge is 0.493 e. The monoisotopic (exact) mass is 441 g/mol. The van der Waals surface area contributed by atoms with Crippen LogP contribution in [0.5, 0.6) is 23.0 Å². The molecule has 0 aromatic heterocycles. The number of imide groups is 1. The van der Waals surface area contributed by atoms with Gasteiger partial charge in [0.15, 0.2) is 23.0 Å². The summed E-state index contributed by atoms with van der Waals surface area (Å²) >= 11 is 0. The highest BCUT2D eigenvalue weighted by Gasteiger charge is 2.49. The predicted molar refractivity (Wildman–Crippen MR) is 112 cm³/mol. The molecule has 1 unspecified atom stereocenters. The number of nitrogens with zero attached hydrogens (tertiary/aromatic N) is 1. The van der Waals surface area contributed by atoms with Gasteiger partial charge in [0.2, 0.25) is 12.7 Å². The highest BCUT2D eigenvalue weighted by Crippen LogP contribution is 2.35. The van der Waals surface area contributed by atoms with Crippen LogP contribution in [0, 0.1) is 0 Å². The molecular weight excluding hydrogens is 418 g/mol. The van der Waals surface area contributed by atoms with Crippen LogP contribution in [0.3, 0.4) is 0 Å². The van der Waals surface area contributed by atoms with Gasteiger partial charge in [-0.1, -0.05) is 12.1 Å². The SMILES string of the molecule is COc1ccc(C2(C)NC(=O)N(CC(=O)NCc3ccc4c(c3)OCO4)C2=O)cc1OC. The van der Waals surface area contributed by atoms with Crippen molar-refractivity contribution in [2.45, 2.75) is 19.0 Å². The second-order valence-electron chi connectivity index (χ2n) is 7.48. The molecule has 168 valence electrons. The van der Waals surface area contributed by atoms with Crippen LogP contribution in [0.15, 0.2) is 36.4 Å². The van der Waals surface area contributed by atoms with Crippen LogP contribution in [0.2, 0.25) is 0 Å². The molecule has 1 fully saturated rings. The number of carbonyl (C=O) groups is 3. The van der Waals surface area contributed by atoms with Crippen molar-refractivity contribution in [1.29, 1.82) is 0 Å². The third-order valence-corrected chi connectivity index (χ3v) is 5.46. The fourth-order valence-electron chi connectivity index (χ4n) is 3.63. The van der Waals surface area contributed by atoms with Gasteiger partial charge in [-0.15, -0.1) is 0 Å². The fourth-order valence-corrected chi connectivity index (χ4v) is 3.63. The van der Waals surface area contributed by atoms with E-state index >= 15 is 0 Å². The molecule has 1 atom stereocenters. The first-order valence-corrected chi connectivity index (χ1v) is 9.87. The van der Waals surface area contributed by atoms with E-state index in [0.717, 1.165) is 10.5 Å². The van der Waals surface area contributed by atoms with E-state index in [2.05, 4.69) is 10.6 Å². The highest BCUT2D eigenvalue weighted by atomic mass is 16.7. The van der Waals surface area contributed by atoms with Crippen molar-refractivity contribution in [2.75, 3.05) is 27.6 Å². The molecule has 0 saturated carbocycles. The quantitative estimate of drug-likeness (QED) is 0.626. The molecule has 32 heavy (non-hydrogen) atoms. The van der Waals surface area contributed by atoms with Gasteiger partial charge < -0.3 is 29.6 Å². The zero-order chi connectivity index (χ0) is 22.9. The number of ether oxygens (including phenoxy) is 4. The van der Waals surface area contributed by atoms with Crippen molar-refractivity contribution in [3.8, 4) is 23.0 Å². The molecule has 0 radical (unpaired) electrons. The number of fused-ring (bicyclic) bond motifs is 1. The molecule has 0 aliphatic carbocycles. The van der Waals surface area contributed by atoms with E-state index in [1.807, 2.05) is 0 Å². The van der Waals surface area contributed by atoms with Gasteiger partial charge >= 0.3 is 6.03 Å². The molecule has 2 aromatic carbocycles. The summed E-state index contributed by atoms with van der Waals surface area (Å²) in [6.07, 6.45) is 0. The first kappa shape index (κ1) is 21.3. The molecule has 0 bridgehead atoms. The van der Waals surface area contributed by atoms with Crippen molar-refractivity contribution in [3.05, 3.63) is 47.5 Å². The third kappa shape index (κ3) is 3.75. The normalized spacial score (nSPS) is 19.0. The molecule has 10 nitrogen and oxygen atoms in total. The zero-order valence-corrected chi connectivity index (χ0v) is 17.9. The number of hydrogen-bond donors (Lipinski definition) is 2. The van der Waals surface area contributed by atoms with Gasteiger partial charge in [-0.2, -0.15) is 0 Å². The molecule has 0 spiro atoms. The molecule has 4 rings (SSSR count). The van der Waals surface area contributed by atoms with Crippen LogP contribution < -0.4 is 29.6 Å².